The molecule has 0 unspecified atom stereocenters. The van der Waals surface area contributed by atoms with E-state index in [0.717, 1.165) is 16.8 Å². The van der Waals surface area contributed by atoms with Gasteiger partial charge >= 0.3 is 0 Å². The van der Waals surface area contributed by atoms with Gasteiger partial charge in [-0.15, -0.1) is 0 Å². The maximum absolute atomic E-state index is 12.4. The zero-order valence-electron chi connectivity index (χ0n) is 13.2. The lowest BCUT2D eigenvalue weighted by atomic mass is 10.1. The molecular weight excluding hydrogens is 302 g/mol. The van der Waals surface area contributed by atoms with Crippen LogP contribution in [0.3, 0.4) is 0 Å². The highest BCUT2D eigenvalue weighted by Crippen LogP contribution is 2.18. The molecule has 1 heterocycles. The Labute approximate surface area is 140 Å². The molecule has 0 aliphatic rings. The average Bonchev–Trinajstić information content (AvgIpc) is 2.62. The quantitative estimate of drug-likeness (QED) is 0.774. The smallest absolute Gasteiger partial charge is 0.255 e. The van der Waals surface area contributed by atoms with Gasteiger partial charge < -0.3 is 10.4 Å². The number of nitrogens with one attached hydrogen (secondary N) is 1. The molecule has 24 heavy (non-hydrogen) atoms. The van der Waals surface area contributed by atoms with Crippen molar-refractivity contribution in [1.82, 2.24) is 9.97 Å². The zero-order valence-corrected chi connectivity index (χ0v) is 13.2. The van der Waals surface area contributed by atoms with E-state index in [1.54, 1.807) is 48.7 Å². The van der Waals surface area contributed by atoms with Gasteiger partial charge in [0, 0.05) is 28.7 Å². The van der Waals surface area contributed by atoms with Crippen LogP contribution in [-0.2, 0) is 6.61 Å². The van der Waals surface area contributed by atoms with Crippen LogP contribution in [0.2, 0.25) is 0 Å². The van der Waals surface area contributed by atoms with Crippen molar-refractivity contribution in [2.75, 3.05) is 5.32 Å². The molecular formula is C19H17N3O2. The third-order valence-corrected chi connectivity index (χ3v) is 3.55. The molecule has 120 valence electrons. The number of aryl methyl sites for hydroxylation is 1. The van der Waals surface area contributed by atoms with Crippen molar-refractivity contribution in [2.24, 2.45) is 0 Å². The van der Waals surface area contributed by atoms with E-state index >= 15 is 0 Å². The second-order valence-electron chi connectivity index (χ2n) is 5.42. The van der Waals surface area contributed by atoms with Crippen molar-refractivity contribution in [2.45, 2.75) is 13.5 Å². The first-order valence-electron chi connectivity index (χ1n) is 7.57. The fourth-order valence-electron chi connectivity index (χ4n) is 2.34. The van der Waals surface area contributed by atoms with Crippen LogP contribution >= 0.6 is 0 Å². The summed E-state index contributed by atoms with van der Waals surface area (Å²) in [6.45, 7) is 1.83. The molecule has 1 amide bonds. The Morgan fingerprint density at radius 1 is 1.12 bits per heavy atom. The van der Waals surface area contributed by atoms with E-state index in [0.29, 0.717) is 17.1 Å². The Morgan fingerprint density at radius 3 is 2.75 bits per heavy atom. The van der Waals surface area contributed by atoms with Crippen LogP contribution in [0.1, 0.15) is 21.6 Å². The third kappa shape index (κ3) is 3.64. The number of carbonyl (C=O) groups is 1. The molecule has 0 aliphatic carbocycles. The van der Waals surface area contributed by atoms with E-state index in [4.69, 9.17) is 0 Å². The lowest BCUT2D eigenvalue weighted by Gasteiger charge is -2.08. The Hall–Kier alpha value is -3.05. The maximum Gasteiger partial charge on any atom is 0.255 e. The summed E-state index contributed by atoms with van der Waals surface area (Å²) in [5.41, 5.74) is 3.57. The maximum atomic E-state index is 12.4. The van der Waals surface area contributed by atoms with Crippen molar-refractivity contribution in [3.63, 3.8) is 0 Å². The SMILES string of the molecule is Cc1ccnc(-c2cccc(C(=O)Nc3cccc(CO)c3)c2)n1. The fraction of sp³-hybridized carbons (Fsp3) is 0.105. The predicted molar refractivity (Wildman–Crippen MR) is 92.5 cm³/mol. The molecule has 5 nitrogen and oxygen atoms in total. The van der Waals surface area contributed by atoms with Crippen LogP contribution in [0.5, 0.6) is 0 Å². The van der Waals surface area contributed by atoms with Crippen molar-refractivity contribution < 1.29 is 9.90 Å². The molecule has 0 aliphatic heterocycles. The molecule has 0 saturated carbocycles. The molecule has 0 bridgehead atoms. The van der Waals surface area contributed by atoms with Crippen molar-refractivity contribution in [3.8, 4) is 11.4 Å². The zero-order chi connectivity index (χ0) is 16.9. The normalized spacial score (nSPS) is 10.4. The first-order valence-corrected chi connectivity index (χ1v) is 7.57. The minimum atomic E-state index is -0.223. The molecule has 0 spiro atoms. The molecule has 0 saturated heterocycles. The average molecular weight is 319 g/mol. The highest BCUT2D eigenvalue weighted by atomic mass is 16.3. The van der Waals surface area contributed by atoms with E-state index in [1.807, 2.05) is 19.1 Å². The van der Waals surface area contributed by atoms with Gasteiger partial charge in [-0.05, 0) is 42.8 Å². The lowest BCUT2D eigenvalue weighted by Crippen LogP contribution is -2.12. The van der Waals surface area contributed by atoms with Crippen LogP contribution in [-0.4, -0.2) is 21.0 Å². The Morgan fingerprint density at radius 2 is 1.96 bits per heavy atom. The largest absolute Gasteiger partial charge is 0.392 e. The minimum Gasteiger partial charge on any atom is -0.392 e. The Bertz CT molecular complexity index is 878. The second kappa shape index (κ2) is 7.02. The topological polar surface area (TPSA) is 75.1 Å². The second-order valence-corrected chi connectivity index (χ2v) is 5.42. The van der Waals surface area contributed by atoms with Gasteiger partial charge in [0.15, 0.2) is 5.82 Å². The number of aromatic nitrogens is 2. The van der Waals surface area contributed by atoms with E-state index in [9.17, 15) is 9.90 Å². The van der Waals surface area contributed by atoms with Gasteiger partial charge in [0.25, 0.3) is 5.91 Å². The summed E-state index contributed by atoms with van der Waals surface area (Å²) in [6.07, 6.45) is 1.70. The first-order chi connectivity index (χ1) is 11.7. The standard InChI is InChI=1S/C19H17N3O2/c1-13-8-9-20-18(21-13)15-5-3-6-16(11-15)19(24)22-17-7-2-4-14(10-17)12-23/h2-11,23H,12H2,1H3,(H,22,24). The first kappa shape index (κ1) is 15.8. The number of benzene rings is 2. The van der Waals surface area contributed by atoms with Crippen LogP contribution < -0.4 is 5.32 Å². The van der Waals surface area contributed by atoms with Gasteiger partial charge in [-0.1, -0.05) is 24.3 Å². The highest BCUT2D eigenvalue weighted by molar-refractivity contribution is 6.04. The number of hydrogen-bond acceptors (Lipinski definition) is 4. The van der Waals surface area contributed by atoms with Crippen LogP contribution in [0.25, 0.3) is 11.4 Å². The van der Waals surface area contributed by atoms with E-state index < -0.39 is 0 Å². The highest BCUT2D eigenvalue weighted by Gasteiger charge is 2.09. The number of anilines is 1. The number of rotatable bonds is 4. The van der Waals surface area contributed by atoms with Gasteiger partial charge in [0.05, 0.1) is 6.61 Å². The van der Waals surface area contributed by atoms with Crippen molar-refractivity contribution in [3.05, 3.63) is 77.6 Å². The summed E-state index contributed by atoms with van der Waals surface area (Å²) in [7, 11) is 0. The number of amides is 1. The summed E-state index contributed by atoms with van der Waals surface area (Å²) < 4.78 is 0. The molecule has 2 aromatic carbocycles. The van der Waals surface area contributed by atoms with Gasteiger partial charge in [0.2, 0.25) is 0 Å². The lowest BCUT2D eigenvalue weighted by molar-refractivity contribution is 0.102. The number of hydrogen-bond donors (Lipinski definition) is 2. The Kier molecular flexibility index (Phi) is 4.63. The molecule has 0 atom stereocenters. The van der Waals surface area contributed by atoms with Crippen molar-refractivity contribution >= 4 is 11.6 Å². The number of aliphatic hydroxyl groups is 1. The Balaban J connectivity index is 1.84. The molecule has 5 heteroatoms. The van der Waals surface area contributed by atoms with Gasteiger partial charge in [-0.2, -0.15) is 0 Å². The van der Waals surface area contributed by atoms with Crippen LogP contribution in [0.15, 0.2) is 60.8 Å². The molecule has 2 N–H and O–H groups in total. The summed E-state index contributed by atoms with van der Waals surface area (Å²) in [6, 6.07) is 16.1. The minimum absolute atomic E-state index is 0.0656. The van der Waals surface area contributed by atoms with Gasteiger partial charge in [-0.25, -0.2) is 9.97 Å². The molecule has 0 fully saturated rings. The number of aliphatic hydroxyl groups excluding tert-OH is 1. The van der Waals surface area contributed by atoms with Crippen molar-refractivity contribution in [1.29, 1.82) is 0 Å². The molecule has 1 aromatic heterocycles. The van der Waals surface area contributed by atoms with Gasteiger partial charge in [0.1, 0.15) is 0 Å². The third-order valence-electron chi connectivity index (χ3n) is 3.55. The fourth-order valence-corrected chi connectivity index (χ4v) is 2.34. The number of carbonyl (C=O) groups excluding carboxylic acids is 1. The molecule has 3 rings (SSSR count). The molecule has 3 aromatic rings. The van der Waals surface area contributed by atoms with E-state index in [2.05, 4.69) is 15.3 Å². The predicted octanol–water partition coefficient (Wildman–Crippen LogP) is 3.20. The summed E-state index contributed by atoms with van der Waals surface area (Å²) in [5, 5.41) is 12.0. The summed E-state index contributed by atoms with van der Waals surface area (Å²) in [5.74, 6) is 0.367. The monoisotopic (exact) mass is 319 g/mol. The van der Waals surface area contributed by atoms with Gasteiger partial charge in [-0.3, -0.25) is 4.79 Å². The van der Waals surface area contributed by atoms with E-state index in [-0.39, 0.29) is 12.5 Å². The van der Waals surface area contributed by atoms with E-state index in [1.165, 1.54) is 0 Å². The summed E-state index contributed by atoms with van der Waals surface area (Å²) >= 11 is 0. The van der Waals surface area contributed by atoms with Crippen LogP contribution in [0, 0.1) is 6.92 Å². The summed E-state index contributed by atoms with van der Waals surface area (Å²) in [4.78, 5) is 21.1. The molecule has 0 radical (unpaired) electrons. The van der Waals surface area contributed by atoms with Crippen LogP contribution in [0.4, 0.5) is 5.69 Å². The number of nitrogens with zero attached hydrogens (tertiary/aromatic N) is 2.